The molecule has 0 saturated heterocycles. The Morgan fingerprint density at radius 2 is 2.12 bits per heavy atom. The molecule has 0 bridgehead atoms. The fourth-order valence-electron chi connectivity index (χ4n) is 1.28. The number of rotatable bonds is 3. The fourth-order valence-corrected chi connectivity index (χ4v) is 1.28. The van der Waals surface area contributed by atoms with Crippen molar-refractivity contribution >= 4 is 17.5 Å². The number of hydrogen-bond donors (Lipinski definition) is 3. The third-order valence-electron chi connectivity index (χ3n) is 2.02. The summed E-state index contributed by atoms with van der Waals surface area (Å²) in [5.41, 5.74) is 0.643. The van der Waals surface area contributed by atoms with E-state index in [1.54, 1.807) is 12.1 Å². The molecule has 6 nitrogen and oxygen atoms in total. The molecule has 0 spiro atoms. The Morgan fingerprint density at radius 1 is 1.29 bits per heavy atom. The van der Waals surface area contributed by atoms with Crippen LogP contribution >= 0.6 is 0 Å². The molecule has 0 aliphatic heterocycles. The normalized spacial score (nSPS) is 9.88. The summed E-state index contributed by atoms with van der Waals surface area (Å²) in [5, 5.41) is 28.2. The highest BCUT2D eigenvalue weighted by Gasteiger charge is 2.05. The smallest absolute Gasteiger partial charge is 0.337 e. The molecule has 0 fully saturated rings. The number of carboxylic acid groups (broad SMARTS) is 1. The number of carboxylic acids is 1. The number of carbonyl (C=O) groups is 1. The van der Waals surface area contributed by atoms with E-state index in [-0.39, 0.29) is 11.3 Å². The molecule has 0 aliphatic carbocycles. The summed E-state index contributed by atoms with van der Waals surface area (Å²) in [6, 6.07) is 7.76. The third kappa shape index (κ3) is 2.69. The maximum Gasteiger partial charge on any atom is 0.337 e. The van der Waals surface area contributed by atoms with Crippen molar-refractivity contribution < 1.29 is 15.0 Å². The summed E-state index contributed by atoms with van der Waals surface area (Å²) in [4.78, 5) is 10.7. The molecular weight excluding hydrogens is 222 g/mol. The first kappa shape index (κ1) is 10.9. The monoisotopic (exact) mass is 231 g/mol. The number of phenols is 1. The van der Waals surface area contributed by atoms with E-state index in [0.717, 1.165) is 6.20 Å². The largest absolute Gasteiger partial charge is 0.508 e. The Labute approximate surface area is 96.6 Å². The van der Waals surface area contributed by atoms with Gasteiger partial charge in [-0.2, -0.15) is 5.10 Å². The first-order valence-electron chi connectivity index (χ1n) is 4.77. The van der Waals surface area contributed by atoms with Crippen LogP contribution in [0.25, 0.3) is 0 Å². The lowest BCUT2D eigenvalue weighted by Crippen LogP contribution is -2.01. The Hall–Kier alpha value is -2.63. The summed E-state index contributed by atoms with van der Waals surface area (Å²) >= 11 is 0. The molecule has 1 aromatic carbocycles. The number of aromatic carboxylic acids is 1. The minimum atomic E-state index is -1.07. The van der Waals surface area contributed by atoms with Gasteiger partial charge in [0.2, 0.25) is 0 Å². The predicted molar refractivity (Wildman–Crippen MR) is 60.4 cm³/mol. The van der Waals surface area contributed by atoms with Gasteiger partial charge in [-0.3, -0.25) is 0 Å². The molecular formula is C11H9N3O3. The van der Waals surface area contributed by atoms with Crippen molar-refractivity contribution in [1.29, 1.82) is 0 Å². The Kier molecular flexibility index (Phi) is 2.87. The molecule has 0 saturated carbocycles. The second-order valence-corrected chi connectivity index (χ2v) is 3.31. The molecule has 1 heterocycles. The molecule has 0 amide bonds. The molecule has 0 radical (unpaired) electrons. The van der Waals surface area contributed by atoms with Crippen LogP contribution in [0.5, 0.6) is 5.75 Å². The SMILES string of the molecule is O=C(O)c1cnnc(Nc2cccc(O)c2)c1. The van der Waals surface area contributed by atoms with Gasteiger partial charge in [0.15, 0.2) is 5.82 Å². The Morgan fingerprint density at radius 3 is 2.82 bits per heavy atom. The highest BCUT2D eigenvalue weighted by atomic mass is 16.4. The highest BCUT2D eigenvalue weighted by Crippen LogP contribution is 2.19. The number of aromatic nitrogens is 2. The van der Waals surface area contributed by atoms with Crippen LogP contribution in [0.15, 0.2) is 36.5 Å². The molecule has 1 aromatic heterocycles. The quantitative estimate of drug-likeness (QED) is 0.743. The molecule has 0 unspecified atom stereocenters. The molecule has 2 aromatic rings. The van der Waals surface area contributed by atoms with E-state index < -0.39 is 5.97 Å². The molecule has 86 valence electrons. The van der Waals surface area contributed by atoms with Crippen LogP contribution in [0.3, 0.4) is 0 Å². The number of hydrogen-bond acceptors (Lipinski definition) is 5. The first-order valence-corrected chi connectivity index (χ1v) is 4.77. The molecule has 2 rings (SSSR count). The van der Waals surface area contributed by atoms with Crippen molar-refractivity contribution in [2.75, 3.05) is 5.32 Å². The van der Waals surface area contributed by atoms with Crippen LogP contribution in [-0.4, -0.2) is 26.4 Å². The van der Waals surface area contributed by atoms with E-state index >= 15 is 0 Å². The van der Waals surface area contributed by atoms with Crippen LogP contribution < -0.4 is 5.32 Å². The zero-order chi connectivity index (χ0) is 12.3. The van der Waals surface area contributed by atoms with Crippen LogP contribution in [0.2, 0.25) is 0 Å². The molecule has 3 N–H and O–H groups in total. The first-order chi connectivity index (χ1) is 8.15. The average molecular weight is 231 g/mol. The van der Waals surface area contributed by atoms with Gasteiger partial charge in [0, 0.05) is 11.8 Å². The van der Waals surface area contributed by atoms with Crippen molar-refractivity contribution in [2.24, 2.45) is 0 Å². The van der Waals surface area contributed by atoms with E-state index in [1.165, 1.54) is 18.2 Å². The minimum absolute atomic E-state index is 0.0441. The van der Waals surface area contributed by atoms with Gasteiger partial charge in [-0.05, 0) is 18.2 Å². The number of nitrogens with one attached hydrogen (secondary N) is 1. The third-order valence-corrected chi connectivity index (χ3v) is 2.02. The lowest BCUT2D eigenvalue weighted by atomic mass is 10.3. The summed E-state index contributed by atoms with van der Waals surface area (Å²) in [6.45, 7) is 0. The van der Waals surface area contributed by atoms with E-state index in [4.69, 9.17) is 5.11 Å². The topological polar surface area (TPSA) is 95.3 Å². The zero-order valence-corrected chi connectivity index (χ0v) is 8.66. The lowest BCUT2D eigenvalue weighted by molar-refractivity contribution is 0.0696. The number of benzene rings is 1. The van der Waals surface area contributed by atoms with Crippen molar-refractivity contribution in [3.63, 3.8) is 0 Å². The van der Waals surface area contributed by atoms with Gasteiger partial charge in [0.25, 0.3) is 0 Å². The molecule has 6 heteroatoms. The van der Waals surface area contributed by atoms with Crippen molar-refractivity contribution in [2.45, 2.75) is 0 Å². The van der Waals surface area contributed by atoms with Crippen molar-refractivity contribution in [3.05, 3.63) is 42.1 Å². The van der Waals surface area contributed by atoms with E-state index in [1.807, 2.05) is 0 Å². The average Bonchev–Trinajstić information content (AvgIpc) is 2.29. The summed E-state index contributed by atoms with van der Waals surface area (Å²) < 4.78 is 0. The maximum atomic E-state index is 10.7. The number of anilines is 2. The summed E-state index contributed by atoms with van der Waals surface area (Å²) in [5.74, 6) is -0.660. The second kappa shape index (κ2) is 4.48. The molecule has 0 aliphatic rings. The van der Waals surface area contributed by atoms with Crippen molar-refractivity contribution in [3.8, 4) is 5.75 Å². The van der Waals surface area contributed by atoms with E-state index in [0.29, 0.717) is 11.5 Å². The van der Waals surface area contributed by atoms with Gasteiger partial charge in [-0.1, -0.05) is 6.07 Å². The van der Waals surface area contributed by atoms with Crippen LogP contribution in [0.4, 0.5) is 11.5 Å². The Balaban J connectivity index is 2.24. The zero-order valence-electron chi connectivity index (χ0n) is 8.66. The second-order valence-electron chi connectivity index (χ2n) is 3.31. The van der Waals surface area contributed by atoms with Crippen LogP contribution in [0.1, 0.15) is 10.4 Å². The number of aromatic hydroxyl groups is 1. The van der Waals surface area contributed by atoms with Gasteiger partial charge in [-0.15, -0.1) is 5.10 Å². The van der Waals surface area contributed by atoms with Gasteiger partial charge in [0.05, 0.1) is 11.8 Å². The summed E-state index contributed by atoms with van der Waals surface area (Å²) in [6.07, 6.45) is 1.16. The standard InChI is InChI=1S/C11H9N3O3/c15-9-3-1-2-8(5-9)13-10-4-7(11(16)17)6-12-14-10/h1-6,15H,(H,13,14)(H,16,17). The fraction of sp³-hybridized carbons (Fsp3) is 0. The van der Waals surface area contributed by atoms with Gasteiger partial charge in [-0.25, -0.2) is 4.79 Å². The maximum absolute atomic E-state index is 10.7. The van der Waals surface area contributed by atoms with Gasteiger partial charge in [0.1, 0.15) is 5.75 Å². The predicted octanol–water partition coefficient (Wildman–Crippen LogP) is 1.62. The highest BCUT2D eigenvalue weighted by molar-refractivity contribution is 5.88. The number of nitrogens with zero attached hydrogens (tertiary/aromatic N) is 2. The minimum Gasteiger partial charge on any atom is -0.508 e. The molecule has 17 heavy (non-hydrogen) atoms. The summed E-state index contributed by atoms with van der Waals surface area (Å²) in [7, 11) is 0. The van der Waals surface area contributed by atoms with Crippen LogP contribution in [-0.2, 0) is 0 Å². The van der Waals surface area contributed by atoms with Crippen LogP contribution in [0, 0.1) is 0 Å². The molecule has 0 atom stereocenters. The van der Waals surface area contributed by atoms with Gasteiger partial charge >= 0.3 is 5.97 Å². The van der Waals surface area contributed by atoms with Crippen molar-refractivity contribution in [1.82, 2.24) is 10.2 Å². The van der Waals surface area contributed by atoms with Gasteiger partial charge < -0.3 is 15.5 Å². The van der Waals surface area contributed by atoms with E-state index in [2.05, 4.69) is 15.5 Å². The number of phenolic OH excluding ortho intramolecular Hbond substituents is 1. The Bertz CT molecular complexity index is 557. The van der Waals surface area contributed by atoms with E-state index in [9.17, 15) is 9.90 Å². The lowest BCUT2D eigenvalue weighted by Gasteiger charge is -2.05.